The number of piperidine rings is 1. The first-order chi connectivity index (χ1) is 17.2. The van der Waals surface area contributed by atoms with Gasteiger partial charge in [0, 0.05) is 38.4 Å². The standard InChI is InChI=1S/C25H32N8O2/c1-3-27-23-22-17(11-26)13-29-24(22)32-25(31-23)30-20-5-4-16(10-21(20)34-2)12-28-18-6-8-33(9-7-18)19-14-35-15-19/h4-5,10,13,18-19,28H,3,6-9,12,14-15H2,1-2H3,(H3,27,29,30,31,32). The lowest BCUT2D eigenvalue weighted by atomic mass is 10.0. The number of methoxy groups -OCH3 is 1. The Morgan fingerprint density at radius 3 is 2.77 bits per heavy atom. The van der Waals surface area contributed by atoms with Crippen LogP contribution in [0.4, 0.5) is 17.5 Å². The molecule has 2 fully saturated rings. The summed E-state index contributed by atoms with van der Waals surface area (Å²) in [6, 6.07) is 9.46. The zero-order chi connectivity index (χ0) is 24.2. The number of anilines is 3. The lowest BCUT2D eigenvalue weighted by Crippen LogP contribution is -2.53. The van der Waals surface area contributed by atoms with E-state index in [2.05, 4.69) is 47.9 Å². The van der Waals surface area contributed by atoms with Crippen LogP contribution < -0.4 is 20.7 Å². The van der Waals surface area contributed by atoms with Crippen molar-refractivity contribution in [1.29, 1.82) is 5.26 Å². The molecule has 0 unspecified atom stereocenters. The first kappa shape index (κ1) is 23.4. The van der Waals surface area contributed by atoms with Crippen molar-refractivity contribution in [3.63, 3.8) is 0 Å². The molecule has 3 aromatic rings. The summed E-state index contributed by atoms with van der Waals surface area (Å²) in [6.07, 6.45) is 3.97. The van der Waals surface area contributed by atoms with Crippen molar-refractivity contribution >= 4 is 28.5 Å². The fraction of sp³-hybridized carbons (Fsp3) is 0.480. The molecule has 0 amide bonds. The van der Waals surface area contributed by atoms with E-state index < -0.39 is 0 Å². The monoisotopic (exact) mass is 476 g/mol. The highest BCUT2D eigenvalue weighted by molar-refractivity contribution is 5.93. The lowest BCUT2D eigenvalue weighted by Gasteiger charge is -2.41. The van der Waals surface area contributed by atoms with Crippen LogP contribution in [0.15, 0.2) is 24.4 Å². The molecule has 10 nitrogen and oxygen atoms in total. The smallest absolute Gasteiger partial charge is 0.231 e. The minimum atomic E-state index is 0.424. The molecular weight excluding hydrogens is 444 g/mol. The van der Waals surface area contributed by atoms with Crippen molar-refractivity contribution in [1.82, 2.24) is 25.2 Å². The number of aromatic amines is 1. The van der Waals surface area contributed by atoms with Gasteiger partial charge in [0.1, 0.15) is 23.3 Å². The summed E-state index contributed by atoms with van der Waals surface area (Å²) < 4.78 is 11.0. The molecule has 2 aliphatic rings. The number of benzene rings is 1. The van der Waals surface area contributed by atoms with Gasteiger partial charge < -0.3 is 30.4 Å². The maximum absolute atomic E-state index is 9.39. The van der Waals surface area contributed by atoms with E-state index in [0.29, 0.717) is 47.0 Å². The van der Waals surface area contributed by atoms with Crippen LogP contribution in [-0.4, -0.2) is 71.9 Å². The van der Waals surface area contributed by atoms with Crippen LogP contribution in [0.2, 0.25) is 0 Å². The Hall–Kier alpha value is -3.39. The number of nitrogens with zero attached hydrogens (tertiary/aromatic N) is 4. The van der Waals surface area contributed by atoms with Gasteiger partial charge in [-0.25, -0.2) is 0 Å². The largest absolute Gasteiger partial charge is 0.495 e. The van der Waals surface area contributed by atoms with Crippen molar-refractivity contribution in [3.05, 3.63) is 35.5 Å². The molecule has 2 aromatic heterocycles. The lowest BCUT2D eigenvalue weighted by molar-refractivity contribution is -0.0719. The molecule has 2 aliphatic heterocycles. The molecule has 1 aromatic carbocycles. The Balaban J connectivity index is 1.25. The predicted octanol–water partition coefficient (Wildman–Crippen LogP) is 2.97. The molecule has 0 aliphatic carbocycles. The molecule has 0 saturated carbocycles. The third-order valence-electron chi connectivity index (χ3n) is 6.77. The molecule has 5 rings (SSSR count). The molecule has 35 heavy (non-hydrogen) atoms. The van der Waals surface area contributed by atoms with Gasteiger partial charge >= 0.3 is 0 Å². The first-order valence-electron chi connectivity index (χ1n) is 12.2. The first-order valence-corrected chi connectivity index (χ1v) is 12.2. The second-order valence-electron chi connectivity index (χ2n) is 9.01. The van der Waals surface area contributed by atoms with Gasteiger partial charge in [-0.2, -0.15) is 15.2 Å². The molecule has 4 heterocycles. The highest BCUT2D eigenvalue weighted by Crippen LogP contribution is 2.30. The summed E-state index contributed by atoms with van der Waals surface area (Å²) in [5, 5.41) is 20.3. The number of likely N-dealkylation sites (tertiary alicyclic amines) is 1. The summed E-state index contributed by atoms with van der Waals surface area (Å²) in [7, 11) is 1.66. The van der Waals surface area contributed by atoms with Gasteiger partial charge in [0.15, 0.2) is 0 Å². The zero-order valence-corrected chi connectivity index (χ0v) is 20.2. The number of hydrogen-bond acceptors (Lipinski definition) is 9. The van der Waals surface area contributed by atoms with Crippen LogP contribution in [0.1, 0.15) is 30.9 Å². The highest BCUT2D eigenvalue weighted by atomic mass is 16.5. The molecule has 10 heteroatoms. The highest BCUT2D eigenvalue weighted by Gasteiger charge is 2.29. The minimum absolute atomic E-state index is 0.424. The normalized spacial score (nSPS) is 17.2. The van der Waals surface area contributed by atoms with Gasteiger partial charge in [-0.15, -0.1) is 0 Å². The van der Waals surface area contributed by atoms with Gasteiger partial charge in [-0.1, -0.05) is 6.07 Å². The summed E-state index contributed by atoms with van der Waals surface area (Å²) in [5.74, 6) is 1.77. The van der Waals surface area contributed by atoms with Crippen LogP contribution in [0.5, 0.6) is 5.75 Å². The van der Waals surface area contributed by atoms with Crippen LogP contribution in [0.25, 0.3) is 11.0 Å². The summed E-state index contributed by atoms with van der Waals surface area (Å²) in [5.41, 5.74) is 3.06. The number of hydrogen-bond donors (Lipinski definition) is 4. The number of fused-ring (bicyclic) bond motifs is 1. The topological polar surface area (TPSA) is 123 Å². The van der Waals surface area contributed by atoms with Crippen LogP contribution in [-0.2, 0) is 11.3 Å². The van der Waals surface area contributed by atoms with Crippen molar-refractivity contribution in [2.24, 2.45) is 0 Å². The van der Waals surface area contributed by atoms with Crippen LogP contribution >= 0.6 is 0 Å². The summed E-state index contributed by atoms with van der Waals surface area (Å²) >= 11 is 0. The van der Waals surface area contributed by atoms with Gasteiger partial charge in [-0.05, 0) is 37.5 Å². The molecule has 0 bridgehead atoms. The van der Waals surface area contributed by atoms with Gasteiger partial charge in [0.2, 0.25) is 5.95 Å². The Labute approximate surface area is 205 Å². The quantitative estimate of drug-likeness (QED) is 0.369. The predicted molar refractivity (Wildman–Crippen MR) is 135 cm³/mol. The molecule has 184 valence electrons. The average molecular weight is 477 g/mol. The molecular formula is C25H32N8O2. The average Bonchev–Trinajstić information content (AvgIpc) is 3.27. The van der Waals surface area contributed by atoms with E-state index in [1.165, 1.54) is 0 Å². The second kappa shape index (κ2) is 10.5. The molecule has 0 spiro atoms. The Bertz CT molecular complexity index is 1210. The Morgan fingerprint density at radius 1 is 1.26 bits per heavy atom. The van der Waals surface area contributed by atoms with Crippen LogP contribution in [0, 0.1) is 11.3 Å². The fourth-order valence-electron chi connectivity index (χ4n) is 4.71. The van der Waals surface area contributed by atoms with E-state index in [1.807, 2.05) is 19.1 Å². The minimum Gasteiger partial charge on any atom is -0.495 e. The van der Waals surface area contributed by atoms with Crippen molar-refractivity contribution in [2.45, 2.75) is 38.4 Å². The number of ether oxygens (including phenoxy) is 2. The number of rotatable bonds is 9. The van der Waals surface area contributed by atoms with E-state index >= 15 is 0 Å². The maximum Gasteiger partial charge on any atom is 0.231 e. The molecule has 4 N–H and O–H groups in total. The third kappa shape index (κ3) is 5.03. The number of H-pyrrole nitrogens is 1. The molecule has 0 atom stereocenters. The third-order valence-corrected chi connectivity index (χ3v) is 6.77. The Morgan fingerprint density at radius 2 is 2.09 bits per heavy atom. The van der Waals surface area contributed by atoms with Gasteiger partial charge in [0.05, 0.1) is 43.0 Å². The zero-order valence-electron chi connectivity index (χ0n) is 20.2. The van der Waals surface area contributed by atoms with Crippen molar-refractivity contribution < 1.29 is 9.47 Å². The maximum atomic E-state index is 9.39. The fourth-order valence-corrected chi connectivity index (χ4v) is 4.71. The van der Waals surface area contributed by atoms with E-state index in [1.54, 1.807) is 13.3 Å². The number of nitriles is 1. The van der Waals surface area contributed by atoms with Gasteiger partial charge in [-0.3, -0.25) is 4.90 Å². The van der Waals surface area contributed by atoms with Crippen molar-refractivity contribution in [2.75, 3.05) is 50.6 Å². The summed E-state index contributed by atoms with van der Waals surface area (Å²) in [4.78, 5) is 14.8. The Kier molecular flexibility index (Phi) is 6.99. The van der Waals surface area contributed by atoms with Crippen LogP contribution in [0.3, 0.4) is 0 Å². The van der Waals surface area contributed by atoms with E-state index in [0.717, 1.165) is 62.7 Å². The SMILES string of the molecule is CCNc1nc(Nc2ccc(CNC3CCN(C4COC4)CC3)cc2OC)nc2[nH]cc(C#N)c12. The van der Waals surface area contributed by atoms with E-state index in [9.17, 15) is 5.26 Å². The second-order valence-corrected chi connectivity index (χ2v) is 9.01. The number of aromatic nitrogens is 3. The molecule has 0 radical (unpaired) electrons. The number of nitrogens with one attached hydrogen (secondary N) is 4. The summed E-state index contributed by atoms with van der Waals surface area (Å²) in [6.45, 7) is 7.50. The van der Waals surface area contributed by atoms with E-state index in [-0.39, 0.29) is 0 Å². The van der Waals surface area contributed by atoms with Gasteiger partial charge in [0.25, 0.3) is 0 Å². The van der Waals surface area contributed by atoms with E-state index in [4.69, 9.17) is 9.47 Å². The molecule has 2 saturated heterocycles. The van der Waals surface area contributed by atoms with Crippen molar-refractivity contribution in [3.8, 4) is 11.8 Å².